The molecule has 13 heavy (non-hydrogen) atoms. The lowest BCUT2D eigenvalue weighted by atomic mass is 10.1. The lowest BCUT2D eigenvalue weighted by Crippen LogP contribution is -2.37. The van der Waals surface area contributed by atoms with Crippen LogP contribution in [0.5, 0.6) is 0 Å². The zero-order chi connectivity index (χ0) is 9.42. The molecule has 3 unspecified atom stereocenters. The molecule has 1 aliphatic heterocycles. The first-order valence-electron chi connectivity index (χ1n) is 4.91. The predicted octanol–water partition coefficient (Wildman–Crippen LogP) is 0.422. The summed E-state index contributed by atoms with van der Waals surface area (Å²) < 4.78 is 4.93. The molecule has 4 nitrogen and oxygen atoms in total. The van der Waals surface area contributed by atoms with Crippen LogP contribution in [0.3, 0.4) is 0 Å². The van der Waals surface area contributed by atoms with Crippen molar-refractivity contribution in [2.45, 2.75) is 19.4 Å². The second-order valence-electron chi connectivity index (χ2n) is 3.84. The third kappa shape index (κ3) is 1.50. The highest BCUT2D eigenvalue weighted by Crippen LogP contribution is 2.43. The number of hydrogen-bond acceptors (Lipinski definition) is 3. The van der Waals surface area contributed by atoms with E-state index in [1.54, 1.807) is 4.90 Å². The third-order valence-corrected chi connectivity index (χ3v) is 3.09. The Hall–Kier alpha value is -0.770. The maximum absolute atomic E-state index is 11.3. The Morgan fingerprint density at radius 2 is 2.38 bits per heavy atom. The van der Waals surface area contributed by atoms with Crippen molar-refractivity contribution in [1.82, 2.24) is 4.90 Å². The van der Waals surface area contributed by atoms with E-state index in [4.69, 9.17) is 10.5 Å². The van der Waals surface area contributed by atoms with Gasteiger partial charge in [-0.1, -0.05) is 0 Å². The van der Waals surface area contributed by atoms with Gasteiger partial charge in [-0.15, -0.1) is 0 Å². The quantitative estimate of drug-likeness (QED) is 0.642. The van der Waals surface area contributed by atoms with Crippen molar-refractivity contribution < 1.29 is 9.53 Å². The molecule has 0 aromatic rings. The molecule has 1 saturated heterocycles. The van der Waals surface area contributed by atoms with Crippen LogP contribution in [0, 0.1) is 11.8 Å². The van der Waals surface area contributed by atoms with Crippen molar-refractivity contribution >= 4 is 6.09 Å². The van der Waals surface area contributed by atoms with Gasteiger partial charge in [0, 0.05) is 19.1 Å². The topological polar surface area (TPSA) is 55.6 Å². The Labute approximate surface area is 78.0 Å². The van der Waals surface area contributed by atoms with E-state index in [0.717, 1.165) is 19.5 Å². The average molecular weight is 184 g/mol. The van der Waals surface area contributed by atoms with E-state index in [1.165, 1.54) is 0 Å². The zero-order valence-corrected chi connectivity index (χ0v) is 7.90. The predicted molar refractivity (Wildman–Crippen MR) is 48.2 cm³/mol. The average Bonchev–Trinajstić information content (AvgIpc) is 2.78. The van der Waals surface area contributed by atoms with Crippen molar-refractivity contribution in [2.24, 2.45) is 17.6 Å². The molecule has 0 aromatic carbocycles. The standard InChI is InChI=1S/C9H16N2O2/c1-2-13-9(12)11-4-3-6-7(5-11)8(6)10/h6-8H,2-5,10H2,1H3. The molecular formula is C9H16N2O2. The summed E-state index contributed by atoms with van der Waals surface area (Å²) in [5.41, 5.74) is 5.83. The maximum Gasteiger partial charge on any atom is 0.409 e. The van der Waals surface area contributed by atoms with Gasteiger partial charge in [0.25, 0.3) is 0 Å². The fourth-order valence-electron chi connectivity index (χ4n) is 2.17. The van der Waals surface area contributed by atoms with Gasteiger partial charge in [-0.25, -0.2) is 4.79 Å². The molecule has 2 aliphatic rings. The van der Waals surface area contributed by atoms with E-state index in [0.29, 0.717) is 24.5 Å². The number of rotatable bonds is 1. The van der Waals surface area contributed by atoms with Crippen LogP contribution < -0.4 is 5.73 Å². The van der Waals surface area contributed by atoms with Gasteiger partial charge in [-0.05, 0) is 25.2 Å². The van der Waals surface area contributed by atoms with E-state index < -0.39 is 0 Å². The van der Waals surface area contributed by atoms with Gasteiger partial charge < -0.3 is 15.4 Å². The van der Waals surface area contributed by atoms with Gasteiger partial charge in [-0.2, -0.15) is 0 Å². The first-order valence-corrected chi connectivity index (χ1v) is 4.91. The van der Waals surface area contributed by atoms with E-state index in [2.05, 4.69) is 0 Å². The fraction of sp³-hybridized carbons (Fsp3) is 0.889. The molecule has 0 bridgehead atoms. The summed E-state index contributed by atoms with van der Waals surface area (Å²) in [6.07, 6.45) is 0.866. The van der Waals surface area contributed by atoms with Crippen LogP contribution in [0.25, 0.3) is 0 Å². The van der Waals surface area contributed by atoms with E-state index in [9.17, 15) is 4.79 Å². The maximum atomic E-state index is 11.3. The largest absolute Gasteiger partial charge is 0.450 e. The number of fused-ring (bicyclic) bond motifs is 1. The van der Waals surface area contributed by atoms with E-state index in [1.807, 2.05) is 6.92 Å². The van der Waals surface area contributed by atoms with Crippen LogP contribution in [0.2, 0.25) is 0 Å². The summed E-state index contributed by atoms with van der Waals surface area (Å²) in [6, 6.07) is 0.333. The second-order valence-corrected chi connectivity index (χ2v) is 3.84. The molecule has 2 rings (SSSR count). The van der Waals surface area contributed by atoms with Crippen molar-refractivity contribution in [3.05, 3.63) is 0 Å². The molecule has 0 spiro atoms. The molecule has 4 heteroatoms. The monoisotopic (exact) mass is 184 g/mol. The number of carbonyl (C=O) groups is 1. The number of ether oxygens (including phenoxy) is 1. The lowest BCUT2D eigenvalue weighted by molar-refractivity contribution is 0.0979. The van der Waals surface area contributed by atoms with Crippen molar-refractivity contribution in [2.75, 3.05) is 19.7 Å². The van der Waals surface area contributed by atoms with E-state index in [-0.39, 0.29) is 6.09 Å². The molecule has 0 radical (unpaired) electrons. The molecule has 0 aromatic heterocycles. The minimum atomic E-state index is -0.181. The fourth-order valence-corrected chi connectivity index (χ4v) is 2.17. The highest BCUT2D eigenvalue weighted by atomic mass is 16.6. The molecule has 1 saturated carbocycles. The number of likely N-dealkylation sites (tertiary alicyclic amines) is 1. The molecule has 1 aliphatic carbocycles. The summed E-state index contributed by atoms with van der Waals surface area (Å²) >= 11 is 0. The van der Waals surface area contributed by atoms with Gasteiger partial charge in [0.1, 0.15) is 0 Å². The number of amides is 1. The number of hydrogen-bond donors (Lipinski definition) is 1. The third-order valence-electron chi connectivity index (χ3n) is 3.09. The summed E-state index contributed by atoms with van der Waals surface area (Å²) in [5.74, 6) is 1.21. The molecular weight excluding hydrogens is 168 g/mol. The van der Waals surface area contributed by atoms with Crippen LogP contribution in [-0.2, 0) is 4.74 Å². The Morgan fingerprint density at radius 1 is 1.62 bits per heavy atom. The highest BCUT2D eigenvalue weighted by Gasteiger charge is 2.51. The van der Waals surface area contributed by atoms with Crippen LogP contribution in [0.15, 0.2) is 0 Å². The SMILES string of the molecule is CCOC(=O)N1CCC2C(N)C2C1. The normalized spacial score (nSPS) is 36.8. The van der Waals surface area contributed by atoms with Gasteiger partial charge >= 0.3 is 6.09 Å². The minimum absolute atomic E-state index is 0.181. The van der Waals surface area contributed by atoms with Gasteiger partial charge in [0.2, 0.25) is 0 Å². The van der Waals surface area contributed by atoms with Crippen LogP contribution >= 0.6 is 0 Å². The second kappa shape index (κ2) is 3.18. The first-order chi connectivity index (χ1) is 6.24. The molecule has 2 fully saturated rings. The Balaban J connectivity index is 1.85. The summed E-state index contributed by atoms with van der Waals surface area (Å²) in [5, 5.41) is 0. The number of nitrogens with two attached hydrogens (primary N) is 1. The summed E-state index contributed by atoms with van der Waals surface area (Å²) in [4.78, 5) is 13.1. The number of piperidine rings is 1. The van der Waals surface area contributed by atoms with Crippen LogP contribution in [-0.4, -0.2) is 36.7 Å². The van der Waals surface area contributed by atoms with Gasteiger partial charge in [0.15, 0.2) is 0 Å². The van der Waals surface area contributed by atoms with Crippen LogP contribution in [0.4, 0.5) is 4.79 Å². The van der Waals surface area contributed by atoms with Crippen LogP contribution in [0.1, 0.15) is 13.3 Å². The van der Waals surface area contributed by atoms with Gasteiger partial charge in [-0.3, -0.25) is 0 Å². The first kappa shape index (κ1) is 8.81. The molecule has 1 amide bonds. The molecule has 74 valence electrons. The Bertz CT molecular complexity index is 220. The minimum Gasteiger partial charge on any atom is -0.450 e. The van der Waals surface area contributed by atoms with Crippen molar-refractivity contribution in [3.8, 4) is 0 Å². The molecule has 3 atom stereocenters. The van der Waals surface area contributed by atoms with Crippen molar-refractivity contribution in [3.63, 3.8) is 0 Å². The number of carbonyl (C=O) groups excluding carboxylic acids is 1. The van der Waals surface area contributed by atoms with E-state index >= 15 is 0 Å². The zero-order valence-electron chi connectivity index (χ0n) is 7.90. The number of nitrogens with zero attached hydrogens (tertiary/aromatic N) is 1. The van der Waals surface area contributed by atoms with Crippen molar-refractivity contribution in [1.29, 1.82) is 0 Å². The molecule has 1 heterocycles. The highest BCUT2D eigenvalue weighted by molar-refractivity contribution is 5.67. The summed E-state index contributed by atoms with van der Waals surface area (Å²) in [7, 11) is 0. The Kier molecular flexibility index (Phi) is 2.15. The Morgan fingerprint density at radius 3 is 3.00 bits per heavy atom. The summed E-state index contributed by atoms with van der Waals surface area (Å²) in [6.45, 7) is 3.89. The lowest BCUT2D eigenvalue weighted by Gasteiger charge is -2.24. The smallest absolute Gasteiger partial charge is 0.409 e. The molecule has 2 N–H and O–H groups in total. The van der Waals surface area contributed by atoms with Gasteiger partial charge in [0.05, 0.1) is 6.61 Å².